The van der Waals surface area contributed by atoms with E-state index in [0.29, 0.717) is 52.9 Å². The number of hydrogen-bond donors (Lipinski definition) is 0. The predicted molar refractivity (Wildman–Crippen MR) is 109 cm³/mol. The van der Waals surface area contributed by atoms with Crippen LogP contribution in [0.1, 0.15) is 34.6 Å². The van der Waals surface area contributed by atoms with Gasteiger partial charge in [0.15, 0.2) is 0 Å². The van der Waals surface area contributed by atoms with E-state index in [-0.39, 0.29) is 55.4 Å². The molecule has 0 aliphatic carbocycles. The summed E-state index contributed by atoms with van der Waals surface area (Å²) >= 11 is 0. The minimum Gasteiger partial charge on any atom is -0.855 e. The average Bonchev–Trinajstić information content (AvgIpc) is 2.69. The van der Waals surface area contributed by atoms with Gasteiger partial charge in [0.05, 0.1) is 52.9 Å². The van der Waals surface area contributed by atoms with E-state index in [4.69, 9.17) is 49.2 Å². The first-order valence-corrected chi connectivity index (χ1v) is 10.1. The van der Waals surface area contributed by atoms with Crippen LogP contribution in [0.4, 0.5) is 0 Å². The van der Waals surface area contributed by atoms with Gasteiger partial charge in [-0.2, -0.15) is 0 Å². The van der Waals surface area contributed by atoms with Crippen molar-refractivity contribution in [3.63, 3.8) is 0 Å². The summed E-state index contributed by atoms with van der Waals surface area (Å²) in [5.74, 6) is 0. The zero-order valence-corrected chi connectivity index (χ0v) is 22.9. The van der Waals surface area contributed by atoms with Gasteiger partial charge in [-0.1, -0.05) is 34.6 Å². The van der Waals surface area contributed by atoms with Gasteiger partial charge in [0.25, 0.3) is 0 Å². The van der Waals surface area contributed by atoms with Gasteiger partial charge in [0, 0.05) is 14.2 Å². The number of methoxy groups -OCH3 is 2. The molecule has 0 aliphatic rings. The third-order valence-corrected chi connectivity index (χ3v) is 1.61. The van der Waals surface area contributed by atoms with Crippen LogP contribution < -0.4 is 25.5 Å². The number of hydrogen-bond acceptors (Lipinski definition) is 10. The van der Waals surface area contributed by atoms with Crippen LogP contribution in [0.15, 0.2) is 0 Å². The first-order valence-electron chi connectivity index (χ1n) is 10.1. The van der Waals surface area contributed by atoms with Crippen LogP contribution in [0.3, 0.4) is 0 Å². The van der Waals surface area contributed by atoms with Gasteiger partial charge >= 0.3 is 22.4 Å². The molecule has 0 aromatic carbocycles. The van der Waals surface area contributed by atoms with E-state index in [0.717, 1.165) is 0 Å². The summed E-state index contributed by atoms with van der Waals surface area (Å²) in [6.45, 7) is 12.7. The van der Waals surface area contributed by atoms with Crippen molar-refractivity contribution in [2.75, 3.05) is 100 Å². The van der Waals surface area contributed by atoms with Crippen molar-refractivity contribution in [1.82, 2.24) is 0 Å². The summed E-state index contributed by atoms with van der Waals surface area (Å²) in [6.07, 6.45) is 0. The summed E-state index contributed by atoms with van der Waals surface area (Å²) in [7, 11) is 3.30. The molecule has 0 saturated heterocycles. The Kier molecular flexibility index (Phi) is 122. The number of rotatable bonds is 12. The Morgan fingerprint density at radius 3 is 0.645 bits per heavy atom. The SMILES string of the molecule is CC[O-].CC[O-].CC[O-].CC[O-].CC[O-].COCCOCCOCCOCCOC.[Nb+5]. The fourth-order valence-electron chi connectivity index (χ4n) is 0.826. The third-order valence-electron chi connectivity index (χ3n) is 1.61. The topological polar surface area (TPSA) is 161 Å². The maximum Gasteiger partial charge on any atom is 5.00 e. The maximum atomic E-state index is 8.93. The van der Waals surface area contributed by atoms with Gasteiger partial charge in [0.1, 0.15) is 0 Å². The molecule has 0 spiro atoms. The zero-order valence-electron chi connectivity index (χ0n) is 20.7. The monoisotopic (exact) mass is 540 g/mol. The van der Waals surface area contributed by atoms with E-state index < -0.39 is 0 Å². The average molecular weight is 540 g/mol. The molecule has 0 saturated carbocycles. The summed E-state index contributed by atoms with van der Waals surface area (Å²) in [5.41, 5.74) is 0. The first kappa shape index (κ1) is 48.7. The second kappa shape index (κ2) is 77.6. The standard InChI is InChI=1S/C10H22O5.5C2H5O.Nb/c1-11-3-5-13-7-9-15-10-8-14-6-4-12-2;5*1-2-3;/h3-10H2,1-2H3;5*2H2,1H3;/q;5*-1;+5. The van der Waals surface area contributed by atoms with Gasteiger partial charge in [-0.3, -0.25) is 0 Å². The van der Waals surface area contributed by atoms with Crippen molar-refractivity contribution in [1.29, 1.82) is 0 Å². The molecule has 192 valence electrons. The summed E-state index contributed by atoms with van der Waals surface area (Å²) < 4.78 is 25.3. The van der Waals surface area contributed by atoms with Gasteiger partial charge in [-0.15, -0.1) is 33.0 Å². The summed E-state index contributed by atoms with van der Waals surface area (Å²) in [6, 6.07) is 0. The van der Waals surface area contributed by atoms with Gasteiger partial charge in [-0.25, -0.2) is 0 Å². The van der Waals surface area contributed by atoms with E-state index in [2.05, 4.69) is 0 Å². The molecule has 0 amide bonds. The van der Waals surface area contributed by atoms with Crippen LogP contribution in [0, 0.1) is 0 Å². The van der Waals surface area contributed by atoms with Crippen molar-refractivity contribution in [2.45, 2.75) is 34.6 Å². The molecule has 0 fully saturated rings. The van der Waals surface area contributed by atoms with Gasteiger partial charge in [0.2, 0.25) is 0 Å². The van der Waals surface area contributed by atoms with Crippen LogP contribution in [-0.2, 0) is 46.1 Å². The van der Waals surface area contributed by atoms with Crippen LogP contribution in [0.5, 0.6) is 0 Å². The van der Waals surface area contributed by atoms with E-state index >= 15 is 0 Å². The van der Waals surface area contributed by atoms with Gasteiger partial charge in [-0.05, 0) is 0 Å². The van der Waals surface area contributed by atoms with Gasteiger partial charge < -0.3 is 49.2 Å². The Labute approximate surface area is 206 Å². The molecule has 0 aromatic heterocycles. The molecule has 0 unspecified atom stereocenters. The van der Waals surface area contributed by atoms with Crippen LogP contribution in [-0.4, -0.2) is 100 Å². The molecule has 0 heterocycles. The van der Waals surface area contributed by atoms with E-state index in [1.165, 1.54) is 0 Å². The van der Waals surface area contributed by atoms with Crippen LogP contribution >= 0.6 is 0 Å². The molecule has 0 bridgehead atoms. The quantitative estimate of drug-likeness (QED) is 0.186. The molecule has 11 heteroatoms. The van der Waals surface area contributed by atoms with Crippen molar-refractivity contribution >= 4 is 0 Å². The minimum absolute atomic E-state index is 0. The Morgan fingerprint density at radius 2 is 0.516 bits per heavy atom. The second-order valence-electron chi connectivity index (χ2n) is 4.27. The molecule has 31 heavy (non-hydrogen) atoms. The van der Waals surface area contributed by atoms with Crippen molar-refractivity contribution < 1.29 is 71.6 Å². The third kappa shape index (κ3) is 160. The first-order chi connectivity index (χ1) is 14.5. The fraction of sp³-hybridized carbons (Fsp3) is 1.00. The molecule has 0 N–H and O–H groups in total. The molecule has 0 rings (SSSR count). The van der Waals surface area contributed by atoms with Crippen molar-refractivity contribution in [3.05, 3.63) is 0 Å². The molecular weight excluding hydrogens is 493 g/mol. The molecule has 0 aliphatic heterocycles. The van der Waals surface area contributed by atoms with Crippen molar-refractivity contribution in [2.24, 2.45) is 0 Å². The smallest absolute Gasteiger partial charge is 0.855 e. The van der Waals surface area contributed by atoms with E-state index in [9.17, 15) is 0 Å². The molecule has 10 nitrogen and oxygen atoms in total. The summed E-state index contributed by atoms with van der Waals surface area (Å²) in [5, 5.41) is 44.7. The van der Waals surface area contributed by atoms with Crippen LogP contribution in [0.2, 0.25) is 0 Å². The Hall–Kier alpha value is 0.340. The molecule has 0 aromatic rings. The number of ether oxygens (including phenoxy) is 5. The Morgan fingerprint density at radius 1 is 0.387 bits per heavy atom. The molecule has 0 atom stereocenters. The van der Waals surface area contributed by atoms with E-state index in [1.54, 1.807) is 48.8 Å². The minimum atomic E-state index is 0. The molecular formula is C20H47NbO10. The summed E-state index contributed by atoms with van der Waals surface area (Å²) in [4.78, 5) is 0. The maximum absolute atomic E-state index is 8.93. The Bertz CT molecular complexity index is 160. The normalized spacial score (nSPS) is 8.13. The van der Waals surface area contributed by atoms with Crippen molar-refractivity contribution in [3.8, 4) is 0 Å². The Balaban J connectivity index is -0.0000000591. The molecule has 0 radical (unpaired) electrons. The van der Waals surface area contributed by atoms with Crippen LogP contribution in [0.25, 0.3) is 0 Å². The van der Waals surface area contributed by atoms with E-state index in [1.807, 2.05) is 0 Å². The fourth-order valence-corrected chi connectivity index (χ4v) is 0.826. The zero-order chi connectivity index (χ0) is 24.7. The predicted octanol–water partition coefficient (Wildman–Crippen LogP) is -2.84. The largest absolute Gasteiger partial charge is 5.00 e. The second-order valence-corrected chi connectivity index (χ2v) is 4.27.